The fraction of sp³-hybridized carbons (Fsp3) is 0.800. The zero-order valence-corrected chi connectivity index (χ0v) is 14.8. The van der Waals surface area contributed by atoms with Gasteiger partial charge in [0.2, 0.25) is 0 Å². The van der Waals surface area contributed by atoms with Crippen LogP contribution in [0.5, 0.6) is 0 Å². The van der Waals surface area contributed by atoms with Gasteiger partial charge in [0.1, 0.15) is 5.01 Å². The van der Waals surface area contributed by atoms with E-state index in [9.17, 15) is 0 Å². The number of nitrogens with one attached hydrogen (secondary N) is 1. The van der Waals surface area contributed by atoms with E-state index < -0.39 is 0 Å². The summed E-state index contributed by atoms with van der Waals surface area (Å²) in [4.78, 5) is 6.21. The first-order valence-electron chi connectivity index (χ1n) is 7.14. The van der Waals surface area contributed by atoms with Gasteiger partial charge in [0.15, 0.2) is 0 Å². The van der Waals surface area contributed by atoms with Crippen LogP contribution in [0.2, 0.25) is 0 Å². The molecule has 0 aromatic carbocycles. The summed E-state index contributed by atoms with van der Waals surface area (Å²) in [5, 5.41) is 4.80. The van der Waals surface area contributed by atoms with Crippen molar-refractivity contribution in [1.29, 1.82) is 0 Å². The molecule has 110 valence electrons. The summed E-state index contributed by atoms with van der Waals surface area (Å²) >= 11 is 3.86. The molecule has 0 aliphatic rings. The Labute approximate surface area is 126 Å². The Hall–Kier alpha value is -0.0600. The van der Waals surface area contributed by atoms with E-state index in [0.717, 1.165) is 25.3 Å². The Morgan fingerprint density at radius 1 is 1.32 bits per heavy atom. The molecular weight excluding hydrogens is 272 g/mol. The van der Waals surface area contributed by atoms with Gasteiger partial charge in [-0.1, -0.05) is 41.5 Å². The highest BCUT2D eigenvalue weighted by molar-refractivity contribution is 7.99. The molecule has 0 amide bonds. The van der Waals surface area contributed by atoms with Gasteiger partial charge >= 0.3 is 0 Å². The van der Waals surface area contributed by atoms with Gasteiger partial charge in [0.05, 0.1) is 5.69 Å². The molecule has 0 atom stereocenters. The summed E-state index contributed by atoms with van der Waals surface area (Å²) in [6, 6.07) is 0. The van der Waals surface area contributed by atoms with E-state index in [1.165, 1.54) is 15.6 Å². The SMILES string of the molecule is CCc1nc(CSC(C)(C)C)sc1CNCC(C)C. The quantitative estimate of drug-likeness (QED) is 0.803. The molecule has 0 unspecified atom stereocenters. The highest BCUT2D eigenvalue weighted by Gasteiger charge is 2.14. The third-order valence-corrected chi connectivity index (χ3v) is 5.19. The standard InChI is InChI=1S/C15H28N2S2/c1-7-12-13(9-16-8-11(2)3)19-14(17-12)10-18-15(4,5)6/h11,16H,7-10H2,1-6H3. The van der Waals surface area contributed by atoms with Crippen LogP contribution in [0.15, 0.2) is 0 Å². The van der Waals surface area contributed by atoms with Gasteiger partial charge in [-0.15, -0.1) is 23.1 Å². The lowest BCUT2D eigenvalue weighted by atomic mass is 10.2. The number of thioether (sulfide) groups is 1. The van der Waals surface area contributed by atoms with E-state index in [1.807, 2.05) is 23.1 Å². The van der Waals surface area contributed by atoms with Crippen LogP contribution in [0.1, 0.15) is 57.1 Å². The smallest absolute Gasteiger partial charge is 0.103 e. The highest BCUT2D eigenvalue weighted by Crippen LogP contribution is 2.30. The first-order chi connectivity index (χ1) is 8.81. The summed E-state index contributed by atoms with van der Waals surface area (Å²) in [5.74, 6) is 1.74. The average molecular weight is 301 g/mol. The maximum atomic E-state index is 4.79. The Morgan fingerprint density at radius 2 is 2.00 bits per heavy atom. The van der Waals surface area contributed by atoms with E-state index >= 15 is 0 Å². The van der Waals surface area contributed by atoms with E-state index in [-0.39, 0.29) is 0 Å². The second kappa shape index (κ2) is 7.65. The molecule has 1 heterocycles. The van der Waals surface area contributed by atoms with Crippen LogP contribution >= 0.6 is 23.1 Å². The first kappa shape index (κ1) is 17.0. The number of thiazole rings is 1. The highest BCUT2D eigenvalue weighted by atomic mass is 32.2. The largest absolute Gasteiger partial charge is 0.312 e. The summed E-state index contributed by atoms with van der Waals surface area (Å²) < 4.78 is 0.314. The Kier molecular flexibility index (Phi) is 6.84. The van der Waals surface area contributed by atoms with Gasteiger partial charge < -0.3 is 5.32 Å². The lowest BCUT2D eigenvalue weighted by Crippen LogP contribution is -2.18. The van der Waals surface area contributed by atoms with Crippen molar-refractivity contribution >= 4 is 23.1 Å². The number of nitrogens with zero attached hydrogens (tertiary/aromatic N) is 1. The molecule has 1 aromatic heterocycles. The Bertz CT molecular complexity index is 378. The molecule has 19 heavy (non-hydrogen) atoms. The molecule has 0 fully saturated rings. The maximum Gasteiger partial charge on any atom is 0.103 e. The van der Waals surface area contributed by atoms with Gasteiger partial charge in [0, 0.05) is 21.9 Å². The number of aromatic nitrogens is 1. The predicted molar refractivity (Wildman–Crippen MR) is 89.1 cm³/mol. The molecule has 1 rings (SSSR count). The summed E-state index contributed by atoms with van der Waals surface area (Å²) in [5.41, 5.74) is 1.28. The molecular formula is C15H28N2S2. The number of aryl methyl sites for hydroxylation is 1. The minimum absolute atomic E-state index is 0.314. The van der Waals surface area contributed by atoms with Crippen LogP contribution < -0.4 is 5.32 Å². The van der Waals surface area contributed by atoms with Crippen molar-refractivity contribution in [3.63, 3.8) is 0 Å². The van der Waals surface area contributed by atoms with Crippen molar-refractivity contribution in [1.82, 2.24) is 10.3 Å². The molecule has 1 N–H and O–H groups in total. The molecule has 2 nitrogen and oxygen atoms in total. The molecule has 0 saturated heterocycles. The van der Waals surface area contributed by atoms with Gasteiger partial charge in [-0.05, 0) is 18.9 Å². The zero-order valence-electron chi connectivity index (χ0n) is 13.2. The van der Waals surface area contributed by atoms with E-state index in [2.05, 4.69) is 46.9 Å². The lowest BCUT2D eigenvalue weighted by Gasteiger charge is -2.16. The van der Waals surface area contributed by atoms with Gasteiger partial charge in [0.25, 0.3) is 0 Å². The van der Waals surface area contributed by atoms with Crippen molar-refractivity contribution < 1.29 is 0 Å². The monoisotopic (exact) mass is 300 g/mol. The normalized spacial score (nSPS) is 12.4. The van der Waals surface area contributed by atoms with Crippen LogP contribution in [0.3, 0.4) is 0 Å². The minimum Gasteiger partial charge on any atom is -0.312 e. The van der Waals surface area contributed by atoms with Crippen molar-refractivity contribution in [3.8, 4) is 0 Å². The Balaban J connectivity index is 2.58. The topological polar surface area (TPSA) is 24.9 Å². The van der Waals surface area contributed by atoms with E-state index in [4.69, 9.17) is 4.98 Å². The first-order valence-corrected chi connectivity index (χ1v) is 8.94. The van der Waals surface area contributed by atoms with Crippen molar-refractivity contribution in [3.05, 3.63) is 15.6 Å². The maximum absolute atomic E-state index is 4.79. The summed E-state index contributed by atoms with van der Waals surface area (Å²) in [6.07, 6.45) is 1.04. The van der Waals surface area contributed by atoms with Crippen molar-refractivity contribution in [2.75, 3.05) is 6.54 Å². The fourth-order valence-corrected chi connectivity index (χ4v) is 3.62. The number of hydrogen-bond acceptors (Lipinski definition) is 4. The lowest BCUT2D eigenvalue weighted by molar-refractivity contribution is 0.553. The van der Waals surface area contributed by atoms with Crippen molar-refractivity contribution in [2.24, 2.45) is 5.92 Å². The molecule has 0 bridgehead atoms. The van der Waals surface area contributed by atoms with Crippen LogP contribution in [0.4, 0.5) is 0 Å². The van der Waals surface area contributed by atoms with Crippen LogP contribution in [0.25, 0.3) is 0 Å². The third kappa shape index (κ3) is 6.77. The molecule has 0 radical (unpaired) electrons. The van der Waals surface area contributed by atoms with Gasteiger partial charge in [-0.2, -0.15) is 0 Å². The minimum atomic E-state index is 0.314. The molecule has 4 heteroatoms. The number of hydrogen-bond donors (Lipinski definition) is 1. The average Bonchev–Trinajstić information content (AvgIpc) is 2.68. The van der Waals surface area contributed by atoms with Gasteiger partial charge in [-0.3, -0.25) is 0 Å². The van der Waals surface area contributed by atoms with E-state index in [0.29, 0.717) is 10.7 Å². The van der Waals surface area contributed by atoms with Crippen molar-refractivity contribution in [2.45, 2.75) is 65.0 Å². The molecule has 0 spiro atoms. The molecule has 0 aliphatic heterocycles. The third-order valence-electron chi connectivity index (χ3n) is 2.62. The second-order valence-corrected chi connectivity index (χ2v) is 9.23. The zero-order chi connectivity index (χ0) is 14.5. The summed E-state index contributed by atoms with van der Waals surface area (Å²) in [7, 11) is 0. The van der Waals surface area contributed by atoms with Crippen LogP contribution in [-0.4, -0.2) is 16.3 Å². The summed E-state index contributed by atoms with van der Waals surface area (Å²) in [6.45, 7) is 15.5. The van der Waals surface area contributed by atoms with Crippen LogP contribution in [0, 0.1) is 5.92 Å². The molecule has 0 aliphatic carbocycles. The number of rotatable bonds is 7. The van der Waals surface area contributed by atoms with Gasteiger partial charge in [-0.25, -0.2) is 4.98 Å². The fourth-order valence-electron chi connectivity index (χ4n) is 1.67. The predicted octanol–water partition coefficient (Wildman–Crippen LogP) is 4.48. The Morgan fingerprint density at radius 3 is 2.53 bits per heavy atom. The molecule has 0 saturated carbocycles. The second-order valence-electron chi connectivity index (χ2n) is 6.26. The molecule has 1 aromatic rings. The van der Waals surface area contributed by atoms with Crippen LogP contribution in [-0.2, 0) is 18.7 Å². The van der Waals surface area contributed by atoms with E-state index in [1.54, 1.807) is 0 Å².